The van der Waals surface area contributed by atoms with Gasteiger partial charge in [-0.15, -0.1) is 0 Å². The van der Waals surface area contributed by atoms with Crippen LogP contribution in [0.25, 0.3) is 16.5 Å². The highest BCUT2D eigenvalue weighted by molar-refractivity contribution is 6.02. The van der Waals surface area contributed by atoms with Crippen LogP contribution in [0.4, 0.5) is 0 Å². The number of ether oxygens (including phenoxy) is 1. The number of fused-ring (bicyclic) bond motifs is 1. The number of carbonyl (C=O) groups is 3. The quantitative estimate of drug-likeness (QED) is 0.671. The van der Waals surface area contributed by atoms with Gasteiger partial charge in [0.15, 0.2) is 5.58 Å². The van der Waals surface area contributed by atoms with E-state index in [0.717, 1.165) is 29.4 Å². The molecule has 0 bridgehead atoms. The Balaban J connectivity index is 1.63. The van der Waals surface area contributed by atoms with Gasteiger partial charge in [-0.3, -0.25) is 19.7 Å². The van der Waals surface area contributed by atoms with E-state index in [4.69, 9.17) is 9.26 Å². The molecular weight excluding hydrogens is 336 g/mol. The molecule has 1 aliphatic carbocycles. The first kappa shape index (κ1) is 16.5. The summed E-state index contributed by atoms with van der Waals surface area (Å²) in [7, 11) is 1.39. The number of nitrogens with zero attached hydrogens (tertiary/aromatic N) is 1. The number of allylic oxidation sites excluding steroid dienone is 1. The predicted octanol–water partition coefficient (Wildman–Crippen LogP) is 2.31. The van der Waals surface area contributed by atoms with Crippen LogP contribution in [0.5, 0.6) is 0 Å². The second-order valence-electron chi connectivity index (χ2n) is 6.64. The maximum absolute atomic E-state index is 12.1. The third kappa shape index (κ3) is 2.79. The molecule has 1 aromatic heterocycles. The first-order chi connectivity index (χ1) is 12.6. The molecule has 26 heavy (non-hydrogen) atoms. The summed E-state index contributed by atoms with van der Waals surface area (Å²) in [4.78, 5) is 35.1. The number of hydrogen-bond acceptors (Lipinski definition) is 6. The topological polar surface area (TPSA) is 98.5 Å². The Labute approximate surface area is 149 Å². The van der Waals surface area contributed by atoms with Gasteiger partial charge in [-0.05, 0) is 42.5 Å². The summed E-state index contributed by atoms with van der Waals surface area (Å²) in [5, 5.41) is 7.19. The van der Waals surface area contributed by atoms with Gasteiger partial charge in [-0.25, -0.2) is 0 Å². The largest absolute Gasteiger partial charge is 0.469 e. The van der Waals surface area contributed by atoms with Crippen molar-refractivity contribution in [3.63, 3.8) is 0 Å². The summed E-state index contributed by atoms with van der Waals surface area (Å²) in [6.07, 6.45) is 4.19. The van der Waals surface area contributed by atoms with Crippen LogP contribution in [0.1, 0.15) is 42.9 Å². The van der Waals surface area contributed by atoms with Crippen molar-refractivity contribution in [3.8, 4) is 0 Å². The van der Waals surface area contributed by atoms with E-state index < -0.39 is 5.92 Å². The second-order valence-corrected chi connectivity index (χ2v) is 6.64. The number of imide groups is 1. The van der Waals surface area contributed by atoms with E-state index in [2.05, 4.69) is 10.5 Å². The van der Waals surface area contributed by atoms with Crippen molar-refractivity contribution in [2.75, 3.05) is 7.11 Å². The molecule has 1 fully saturated rings. The smallest absolute Gasteiger partial charge is 0.312 e. The average Bonchev–Trinajstić information content (AvgIpc) is 3.28. The Morgan fingerprint density at radius 2 is 2.12 bits per heavy atom. The van der Waals surface area contributed by atoms with Crippen molar-refractivity contribution in [3.05, 3.63) is 35.5 Å². The Morgan fingerprint density at radius 3 is 2.88 bits per heavy atom. The fraction of sp³-hybridized carbons (Fsp3) is 0.368. The molecule has 1 N–H and O–H groups in total. The molecule has 2 aromatic rings. The normalized spacial score (nSPS) is 23.0. The van der Waals surface area contributed by atoms with Crippen molar-refractivity contribution in [2.24, 2.45) is 5.92 Å². The highest BCUT2D eigenvalue weighted by Crippen LogP contribution is 2.36. The summed E-state index contributed by atoms with van der Waals surface area (Å²) < 4.78 is 10.2. The molecule has 0 spiro atoms. The van der Waals surface area contributed by atoms with Crippen molar-refractivity contribution in [1.29, 1.82) is 0 Å². The highest BCUT2D eigenvalue weighted by Gasteiger charge is 2.32. The fourth-order valence-corrected chi connectivity index (χ4v) is 3.66. The van der Waals surface area contributed by atoms with E-state index in [1.807, 2.05) is 24.3 Å². The Kier molecular flexibility index (Phi) is 4.06. The van der Waals surface area contributed by atoms with Crippen LogP contribution in [-0.2, 0) is 19.1 Å². The SMILES string of the molecule is COC(=O)[C@H]1C=C(c2ccc3c(C4CCC(=O)NC4=O)noc3c2)CC1. The number of esters is 1. The maximum atomic E-state index is 12.1. The number of rotatable bonds is 3. The predicted molar refractivity (Wildman–Crippen MR) is 91.9 cm³/mol. The molecule has 0 radical (unpaired) electrons. The zero-order chi connectivity index (χ0) is 18.3. The molecule has 1 saturated heterocycles. The molecule has 7 heteroatoms. The van der Waals surface area contributed by atoms with Gasteiger partial charge in [0, 0.05) is 11.8 Å². The molecule has 2 atom stereocenters. The van der Waals surface area contributed by atoms with Crippen molar-refractivity contribution < 1.29 is 23.6 Å². The van der Waals surface area contributed by atoms with Crippen LogP contribution in [-0.4, -0.2) is 30.1 Å². The van der Waals surface area contributed by atoms with Crippen molar-refractivity contribution in [1.82, 2.24) is 10.5 Å². The maximum Gasteiger partial charge on any atom is 0.312 e. The van der Waals surface area contributed by atoms with Crippen LogP contribution >= 0.6 is 0 Å². The van der Waals surface area contributed by atoms with Crippen molar-refractivity contribution >= 4 is 34.3 Å². The minimum absolute atomic E-state index is 0.209. The number of carbonyl (C=O) groups excluding carboxylic acids is 3. The van der Waals surface area contributed by atoms with Gasteiger partial charge >= 0.3 is 5.97 Å². The van der Waals surface area contributed by atoms with Gasteiger partial charge in [0.25, 0.3) is 0 Å². The van der Waals surface area contributed by atoms with Crippen LogP contribution < -0.4 is 5.32 Å². The number of benzene rings is 1. The van der Waals surface area contributed by atoms with Crippen molar-refractivity contribution in [2.45, 2.75) is 31.6 Å². The number of amides is 2. The number of nitrogens with one attached hydrogen (secondary N) is 1. The molecule has 2 heterocycles. The third-order valence-corrected chi connectivity index (χ3v) is 5.07. The van der Waals surface area contributed by atoms with E-state index >= 15 is 0 Å². The third-order valence-electron chi connectivity index (χ3n) is 5.07. The number of hydrogen-bond donors (Lipinski definition) is 1. The summed E-state index contributed by atoms with van der Waals surface area (Å²) in [6.45, 7) is 0. The molecule has 134 valence electrons. The number of piperidine rings is 1. The molecule has 1 unspecified atom stereocenters. The molecule has 0 saturated carbocycles. The van der Waals surface area contributed by atoms with Crippen LogP contribution in [0.2, 0.25) is 0 Å². The molecule has 2 aliphatic rings. The number of aromatic nitrogens is 1. The monoisotopic (exact) mass is 354 g/mol. The van der Waals surface area contributed by atoms with Gasteiger partial charge in [-0.2, -0.15) is 0 Å². The van der Waals surface area contributed by atoms with E-state index in [9.17, 15) is 14.4 Å². The standard InChI is InChI=1S/C19H18N2O5/c1-25-19(24)12-3-2-10(8-12)11-4-5-13-15(9-11)26-21-17(13)14-6-7-16(22)20-18(14)23/h4-5,8-9,12,14H,2-3,6-7H2,1H3,(H,20,22,23)/t12-,14?/m1/s1. The molecule has 1 aromatic carbocycles. The highest BCUT2D eigenvalue weighted by atomic mass is 16.5. The van der Waals surface area contributed by atoms with E-state index in [-0.39, 0.29) is 23.7 Å². The average molecular weight is 354 g/mol. The van der Waals surface area contributed by atoms with Gasteiger partial charge in [-0.1, -0.05) is 17.3 Å². The summed E-state index contributed by atoms with van der Waals surface area (Å²) in [5.74, 6) is -1.50. The van der Waals surface area contributed by atoms with Gasteiger partial charge in [0.05, 0.1) is 18.9 Å². The van der Waals surface area contributed by atoms with Crippen LogP contribution in [0, 0.1) is 5.92 Å². The summed E-state index contributed by atoms with van der Waals surface area (Å²) >= 11 is 0. The Bertz CT molecular complexity index is 943. The zero-order valence-corrected chi connectivity index (χ0v) is 14.3. The second kappa shape index (κ2) is 6.40. The molecular formula is C19H18N2O5. The summed E-state index contributed by atoms with van der Waals surface area (Å²) in [5.41, 5.74) is 3.19. The molecule has 2 amide bonds. The lowest BCUT2D eigenvalue weighted by molar-refractivity contribution is -0.143. The van der Waals surface area contributed by atoms with E-state index in [1.54, 1.807) is 0 Å². The van der Waals surface area contributed by atoms with Crippen LogP contribution in [0.15, 0.2) is 28.8 Å². The zero-order valence-electron chi connectivity index (χ0n) is 14.3. The van der Waals surface area contributed by atoms with E-state index in [1.165, 1.54) is 7.11 Å². The van der Waals surface area contributed by atoms with Gasteiger partial charge < -0.3 is 9.26 Å². The summed E-state index contributed by atoms with van der Waals surface area (Å²) in [6, 6.07) is 5.70. The van der Waals surface area contributed by atoms with Gasteiger partial charge in [0.1, 0.15) is 5.69 Å². The first-order valence-electron chi connectivity index (χ1n) is 8.58. The Morgan fingerprint density at radius 1 is 1.27 bits per heavy atom. The minimum Gasteiger partial charge on any atom is -0.469 e. The lowest BCUT2D eigenvalue weighted by Crippen LogP contribution is -2.39. The molecule has 7 nitrogen and oxygen atoms in total. The lowest BCUT2D eigenvalue weighted by atomic mass is 9.92. The minimum atomic E-state index is -0.478. The lowest BCUT2D eigenvalue weighted by Gasteiger charge is -2.18. The van der Waals surface area contributed by atoms with E-state index in [0.29, 0.717) is 24.1 Å². The first-order valence-corrected chi connectivity index (χ1v) is 8.58. The van der Waals surface area contributed by atoms with Gasteiger partial charge in [0.2, 0.25) is 11.8 Å². The van der Waals surface area contributed by atoms with Crippen LogP contribution in [0.3, 0.4) is 0 Å². The Hall–Kier alpha value is -2.96. The fourth-order valence-electron chi connectivity index (χ4n) is 3.66. The molecule has 1 aliphatic heterocycles. The number of methoxy groups -OCH3 is 1. The molecule has 4 rings (SSSR count).